The second kappa shape index (κ2) is 5.05. The van der Waals surface area contributed by atoms with Crippen molar-refractivity contribution in [2.24, 2.45) is 0 Å². The van der Waals surface area contributed by atoms with E-state index in [1.807, 2.05) is 48.5 Å². The zero-order valence-corrected chi connectivity index (χ0v) is 11.8. The van der Waals surface area contributed by atoms with E-state index in [4.69, 9.17) is 0 Å². The summed E-state index contributed by atoms with van der Waals surface area (Å²) in [5.74, 6) is -0.0110. The molecular formula is C15H13BrN2O. The van der Waals surface area contributed by atoms with Crippen molar-refractivity contribution in [2.75, 3.05) is 10.6 Å². The van der Waals surface area contributed by atoms with Gasteiger partial charge in [-0.25, -0.2) is 0 Å². The third kappa shape index (κ3) is 2.49. The van der Waals surface area contributed by atoms with Gasteiger partial charge >= 0.3 is 0 Å². The molecule has 96 valence electrons. The zero-order valence-electron chi connectivity index (χ0n) is 10.2. The molecule has 0 aromatic heterocycles. The highest BCUT2D eigenvalue weighted by Crippen LogP contribution is 2.27. The standard InChI is InChI=1S/C15H13BrN2O/c16-11-6-2-4-8-13(11)18-15(19)14-9-10-5-1-3-7-12(10)17-14/h1-8,14,17H,9H2,(H,18,19)/t14-/m0/s1. The molecule has 1 aliphatic heterocycles. The second-order valence-corrected chi connectivity index (χ2v) is 5.38. The summed E-state index contributed by atoms with van der Waals surface area (Å²) < 4.78 is 0.888. The van der Waals surface area contributed by atoms with Gasteiger partial charge < -0.3 is 10.6 Å². The summed E-state index contributed by atoms with van der Waals surface area (Å²) in [6.07, 6.45) is 0.729. The third-order valence-corrected chi connectivity index (χ3v) is 3.91. The highest BCUT2D eigenvalue weighted by atomic mass is 79.9. The number of hydrogen-bond acceptors (Lipinski definition) is 2. The summed E-state index contributed by atoms with van der Waals surface area (Å²) in [4.78, 5) is 12.2. The molecule has 2 aromatic rings. The number of halogens is 1. The van der Waals surface area contributed by atoms with Crippen molar-refractivity contribution in [2.45, 2.75) is 12.5 Å². The quantitative estimate of drug-likeness (QED) is 0.891. The fraction of sp³-hybridized carbons (Fsp3) is 0.133. The van der Waals surface area contributed by atoms with Gasteiger partial charge in [0.1, 0.15) is 6.04 Å². The summed E-state index contributed by atoms with van der Waals surface area (Å²) in [7, 11) is 0. The fourth-order valence-corrected chi connectivity index (χ4v) is 2.62. The first kappa shape index (κ1) is 12.2. The molecule has 0 bridgehead atoms. The first-order chi connectivity index (χ1) is 9.24. The molecule has 0 unspecified atom stereocenters. The van der Waals surface area contributed by atoms with Crippen LogP contribution in [0.4, 0.5) is 11.4 Å². The van der Waals surface area contributed by atoms with Crippen molar-refractivity contribution >= 4 is 33.2 Å². The van der Waals surface area contributed by atoms with Crippen LogP contribution in [0, 0.1) is 0 Å². The minimum Gasteiger partial charge on any atom is -0.373 e. The van der Waals surface area contributed by atoms with E-state index in [2.05, 4.69) is 26.6 Å². The Kier molecular flexibility index (Phi) is 3.25. The molecule has 19 heavy (non-hydrogen) atoms. The van der Waals surface area contributed by atoms with Crippen LogP contribution in [0.3, 0.4) is 0 Å². The maximum atomic E-state index is 12.2. The predicted octanol–water partition coefficient (Wildman–Crippen LogP) is 3.42. The molecule has 1 aliphatic rings. The molecule has 1 heterocycles. The van der Waals surface area contributed by atoms with Crippen molar-refractivity contribution < 1.29 is 4.79 Å². The maximum absolute atomic E-state index is 12.2. The van der Waals surface area contributed by atoms with Crippen LogP contribution in [0.1, 0.15) is 5.56 Å². The van der Waals surface area contributed by atoms with E-state index < -0.39 is 0 Å². The predicted molar refractivity (Wildman–Crippen MR) is 80.3 cm³/mol. The normalized spacial score (nSPS) is 16.6. The van der Waals surface area contributed by atoms with E-state index in [0.29, 0.717) is 0 Å². The number of hydrogen-bond donors (Lipinski definition) is 2. The van der Waals surface area contributed by atoms with E-state index in [-0.39, 0.29) is 11.9 Å². The third-order valence-electron chi connectivity index (χ3n) is 3.22. The van der Waals surface area contributed by atoms with Crippen LogP contribution >= 0.6 is 15.9 Å². The van der Waals surface area contributed by atoms with E-state index in [1.165, 1.54) is 5.56 Å². The van der Waals surface area contributed by atoms with Crippen LogP contribution in [0.5, 0.6) is 0 Å². The number of para-hydroxylation sites is 2. The average molecular weight is 317 g/mol. The average Bonchev–Trinajstić information content (AvgIpc) is 2.85. The lowest BCUT2D eigenvalue weighted by Crippen LogP contribution is -2.32. The van der Waals surface area contributed by atoms with Crippen LogP contribution in [-0.2, 0) is 11.2 Å². The van der Waals surface area contributed by atoms with Gasteiger partial charge in [0.15, 0.2) is 0 Å². The lowest BCUT2D eigenvalue weighted by molar-refractivity contribution is -0.116. The fourth-order valence-electron chi connectivity index (χ4n) is 2.24. The first-order valence-corrected chi connectivity index (χ1v) is 6.93. The molecule has 3 rings (SSSR count). The van der Waals surface area contributed by atoms with Crippen LogP contribution in [0.2, 0.25) is 0 Å². The topological polar surface area (TPSA) is 41.1 Å². The van der Waals surface area contributed by atoms with Crippen molar-refractivity contribution in [3.63, 3.8) is 0 Å². The molecule has 0 fully saturated rings. The molecule has 0 saturated carbocycles. The smallest absolute Gasteiger partial charge is 0.247 e. The Bertz CT molecular complexity index is 602. The molecule has 1 atom stereocenters. The number of rotatable bonds is 2. The number of anilines is 2. The number of fused-ring (bicyclic) bond motifs is 1. The Morgan fingerprint density at radius 2 is 1.89 bits per heavy atom. The van der Waals surface area contributed by atoms with Gasteiger partial charge in [-0.3, -0.25) is 4.79 Å². The lowest BCUT2D eigenvalue weighted by Gasteiger charge is -2.12. The number of nitrogens with one attached hydrogen (secondary N) is 2. The Balaban J connectivity index is 1.72. The largest absolute Gasteiger partial charge is 0.373 e. The zero-order chi connectivity index (χ0) is 13.2. The van der Waals surface area contributed by atoms with Gasteiger partial charge in [0.05, 0.1) is 5.69 Å². The van der Waals surface area contributed by atoms with Gasteiger partial charge in [0.25, 0.3) is 0 Å². The maximum Gasteiger partial charge on any atom is 0.247 e. The molecule has 3 nitrogen and oxygen atoms in total. The minimum atomic E-state index is -0.204. The van der Waals surface area contributed by atoms with Crippen LogP contribution in [0.25, 0.3) is 0 Å². The molecular weight excluding hydrogens is 304 g/mol. The summed E-state index contributed by atoms with van der Waals surface area (Å²) >= 11 is 3.43. The van der Waals surface area contributed by atoms with Crippen LogP contribution in [0.15, 0.2) is 53.0 Å². The van der Waals surface area contributed by atoms with Gasteiger partial charge in [0.2, 0.25) is 5.91 Å². The lowest BCUT2D eigenvalue weighted by atomic mass is 10.1. The molecule has 0 spiro atoms. The van der Waals surface area contributed by atoms with Crippen molar-refractivity contribution in [3.05, 3.63) is 58.6 Å². The minimum absolute atomic E-state index is 0.0110. The van der Waals surface area contributed by atoms with Crippen LogP contribution in [-0.4, -0.2) is 11.9 Å². The van der Waals surface area contributed by atoms with Crippen molar-refractivity contribution in [3.8, 4) is 0 Å². The molecule has 0 saturated heterocycles. The highest BCUT2D eigenvalue weighted by molar-refractivity contribution is 9.10. The molecule has 2 N–H and O–H groups in total. The van der Waals surface area contributed by atoms with Crippen LogP contribution < -0.4 is 10.6 Å². The van der Waals surface area contributed by atoms with Crippen molar-refractivity contribution in [1.82, 2.24) is 0 Å². The SMILES string of the molecule is O=C(Nc1ccccc1Br)[C@@H]1Cc2ccccc2N1. The van der Waals surface area contributed by atoms with Crippen molar-refractivity contribution in [1.29, 1.82) is 0 Å². The van der Waals surface area contributed by atoms with Gasteiger partial charge in [-0.2, -0.15) is 0 Å². The van der Waals surface area contributed by atoms with Gasteiger partial charge in [-0.15, -0.1) is 0 Å². The Morgan fingerprint density at radius 1 is 1.16 bits per heavy atom. The van der Waals surface area contributed by atoms with Gasteiger partial charge in [0, 0.05) is 16.6 Å². The summed E-state index contributed by atoms with van der Waals surface area (Å²) in [5, 5.41) is 6.19. The Morgan fingerprint density at radius 3 is 2.68 bits per heavy atom. The Labute approximate surface area is 120 Å². The molecule has 2 aromatic carbocycles. The van der Waals surface area contributed by atoms with E-state index >= 15 is 0 Å². The van der Waals surface area contributed by atoms with Gasteiger partial charge in [-0.05, 0) is 39.7 Å². The summed E-state index contributed by atoms with van der Waals surface area (Å²) in [6.45, 7) is 0. The highest BCUT2D eigenvalue weighted by Gasteiger charge is 2.26. The summed E-state index contributed by atoms with van der Waals surface area (Å²) in [5.41, 5.74) is 3.04. The number of amides is 1. The Hall–Kier alpha value is -1.81. The molecule has 0 radical (unpaired) electrons. The number of carbonyl (C=O) groups excluding carboxylic acids is 1. The number of benzene rings is 2. The van der Waals surface area contributed by atoms with E-state index in [1.54, 1.807) is 0 Å². The van der Waals surface area contributed by atoms with E-state index in [9.17, 15) is 4.79 Å². The molecule has 4 heteroatoms. The second-order valence-electron chi connectivity index (χ2n) is 4.53. The van der Waals surface area contributed by atoms with Gasteiger partial charge in [-0.1, -0.05) is 30.3 Å². The monoisotopic (exact) mass is 316 g/mol. The van der Waals surface area contributed by atoms with E-state index in [0.717, 1.165) is 22.3 Å². The number of carbonyl (C=O) groups is 1. The molecule has 1 amide bonds. The molecule has 0 aliphatic carbocycles. The summed E-state index contributed by atoms with van der Waals surface area (Å²) in [6, 6.07) is 15.4. The first-order valence-electron chi connectivity index (χ1n) is 6.14.